The molecular weight excluding hydrogens is 276 g/mol. The van der Waals surface area contributed by atoms with Crippen molar-refractivity contribution in [1.82, 2.24) is 0 Å². The fourth-order valence-corrected chi connectivity index (χ4v) is 2.35. The van der Waals surface area contributed by atoms with Crippen LogP contribution >= 0.6 is 0 Å². The molecule has 0 aromatic carbocycles. The number of carbonyl (C=O) groups excluding carboxylic acids is 1. The van der Waals surface area contributed by atoms with Gasteiger partial charge in [0.15, 0.2) is 0 Å². The molecule has 0 aliphatic heterocycles. The number of unbranched alkanes of at least 4 members (excludes halogenated alkanes) is 1. The predicted molar refractivity (Wildman–Crippen MR) is 90.5 cm³/mol. The van der Waals surface area contributed by atoms with Crippen molar-refractivity contribution < 1.29 is 14.6 Å². The molecule has 0 spiro atoms. The number of hydrogen-bond acceptors (Lipinski definition) is 3. The molecule has 1 N–H and O–H groups in total. The molecule has 0 aromatic rings. The summed E-state index contributed by atoms with van der Waals surface area (Å²) >= 11 is 0. The monoisotopic (exact) mass is 306 g/mol. The molecule has 0 fully saturated rings. The van der Waals surface area contributed by atoms with Gasteiger partial charge in [-0.05, 0) is 44.1 Å². The van der Waals surface area contributed by atoms with Gasteiger partial charge in [0.25, 0.3) is 0 Å². The molecule has 0 bridgehead atoms. The average Bonchev–Trinajstić information content (AvgIpc) is 2.51. The molecule has 0 aliphatic rings. The van der Waals surface area contributed by atoms with Crippen molar-refractivity contribution in [3.05, 3.63) is 35.8 Å². The van der Waals surface area contributed by atoms with Crippen molar-refractivity contribution in [3.8, 4) is 0 Å². The highest BCUT2D eigenvalue weighted by Crippen LogP contribution is 2.21. The van der Waals surface area contributed by atoms with Crippen LogP contribution in [0.3, 0.4) is 0 Å². The van der Waals surface area contributed by atoms with Crippen LogP contribution in [0.1, 0.15) is 65.7 Å². The van der Waals surface area contributed by atoms with E-state index in [-0.39, 0.29) is 12.1 Å². The standard InChI is InChI=1S/C19H30O3/c1-6-10-14-19(22-15(5)20)17(8-3)13-11-12-16(7-2)18(21)9-4/h18-19,21H,2-3,6,9-14H2,1,4-5H3. The summed E-state index contributed by atoms with van der Waals surface area (Å²) < 4.78 is 5.40. The Morgan fingerprint density at radius 2 is 1.73 bits per heavy atom. The molecule has 0 aliphatic carbocycles. The Labute approximate surface area is 135 Å². The minimum absolute atomic E-state index is 0.234. The Morgan fingerprint density at radius 3 is 2.18 bits per heavy atom. The maximum Gasteiger partial charge on any atom is 0.303 e. The highest BCUT2D eigenvalue weighted by atomic mass is 16.5. The van der Waals surface area contributed by atoms with Gasteiger partial charge in [-0.3, -0.25) is 4.79 Å². The van der Waals surface area contributed by atoms with Gasteiger partial charge in [0.2, 0.25) is 0 Å². The summed E-state index contributed by atoms with van der Waals surface area (Å²) in [5.74, 6) is -0.276. The van der Waals surface area contributed by atoms with Crippen molar-refractivity contribution in [1.29, 1.82) is 0 Å². The number of aliphatic hydroxyl groups is 1. The zero-order chi connectivity index (χ0) is 17.0. The number of carbonyl (C=O) groups is 1. The number of aliphatic hydroxyl groups excluding tert-OH is 1. The van der Waals surface area contributed by atoms with Crippen LogP contribution in [0.2, 0.25) is 0 Å². The van der Waals surface area contributed by atoms with Crippen LogP contribution in [-0.4, -0.2) is 23.3 Å². The van der Waals surface area contributed by atoms with Gasteiger partial charge in [0, 0.05) is 12.5 Å². The quantitative estimate of drug-likeness (QED) is 0.452. The van der Waals surface area contributed by atoms with Gasteiger partial charge in [-0.2, -0.15) is 0 Å². The van der Waals surface area contributed by atoms with E-state index >= 15 is 0 Å². The highest BCUT2D eigenvalue weighted by molar-refractivity contribution is 5.66. The third-order valence-electron chi connectivity index (χ3n) is 3.65. The Hall–Kier alpha value is -1.53. The molecule has 2 atom stereocenters. The lowest BCUT2D eigenvalue weighted by Crippen LogP contribution is -2.19. The predicted octanol–water partition coefficient (Wildman–Crippen LogP) is 4.47. The summed E-state index contributed by atoms with van der Waals surface area (Å²) in [5.41, 5.74) is 7.52. The molecule has 0 saturated carbocycles. The molecule has 0 radical (unpaired) electrons. The molecule has 2 unspecified atom stereocenters. The van der Waals surface area contributed by atoms with Crippen molar-refractivity contribution in [3.63, 3.8) is 0 Å². The molecule has 0 rings (SSSR count). The van der Waals surface area contributed by atoms with Crippen molar-refractivity contribution >= 4 is 5.97 Å². The largest absolute Gasteiger partial charge is 0.457 e. The van der Waals surface area contributed by atoms with Gasteiger partial charge in [-0.1, -0.05) is 33.4 Å². The Bertz CT molecular complexity index is 438. The van der Waals surface area contributed by atoms with Crippen LogP contribution in [-0.2, 0) is 9.53 Å². The summed E-state index contributed by atoms with van der Waals surface area (Å²) in [6.07, 6.45) is 5.10. The van der Waals surface area contributed by atoms with E-state index in [2.05, 4.69) is 31.5 Å². The molecule has 22 heavy (non-hydrogen) atoms. The molecule has 3 nitrogen and oxygen atoms in total. The molecule has 0 amide bonds. The normalized spacial score (nSPS) is 12.7. The van der Waals surface area contributed by atoms with Gasteiger partial charge >= 0.3 is 5.97 Å². The lowest BCUT2D eigenvalue weighted by atomic mass is 9.96. The lowest BCUT2D eigenvalue weighted by molar-refractivity contribution is -0.145. The first kappa shape index (κ1) is 20.5. The van der Waals surface area contributed by atoms with Gasteiger partial charge < -0.3 is 9.84 Å². The van der Waals surface area contributed by atoms with E-state index in [0.29, 0.717) is 6.42 Å². The third kappa shape index (κ3) is 8.05. The second kappa shape index (κ2) is 12.1. The topological polar surface area (TPSA) is 46.5 Å². The van der Waals surface area contributed by atoms with E-state index in [1.165, 1.54) is 6.92 Å². The zero-order valence-corrected chi connectivity index (χ0v) is 14.3. The smallest absolute Gasteiger partial charge is 0.303 e. The Kier molecular flexibility index (Phi) is 11.2. The first-order valence-electron chi connectivity index (χ1n) is 8.12. The van der Waals surface area contributed by atoms with E-state index in [1.807, 2.05) is 6.92 Å². The fourth-order valence-electron chi connectivity index (χ4n) is 2.35. The van der Waals surface area contributed by atoms with Gasteiger partial charge in [-0.25, -0.2) is 0 Å². The van der Waals surface area contributed by atoms with Crippen LogP contribution in [0.15, 0.2) is 35.8 Å². The maximum atomic E-state index is 11.3. The second-order valence-corrected chi connectivity index (χ2v) is 5.42. The van der Waals surface area contributed by atoms with Crippen molar-refractivity contribution in [2.24, 2.45) is 0 Å². The minimum Gasteiger partial charge on any atom is -0.457 e. The van der Waals surface area contributed by atoms with Gasteiger partial charge in [-0.15, -0.1) is 11.5 Å². The summed E-state index contributed by atoms with van der Waals surface area (Å²) in [6.45, 7) is 12.8. The Morgan fingerprint density at radius 1 is 1.14 bits per heavy atom. The van der Waals surface area contributed by atoms with E-state index in [9.17, 15) is 9.90 Å². The fraction of sp³-hybridized carbons (Fsp3) is 0.632. The highest BCUT2D eigenvalue weighted by Gasteiger charge is 2.17. The van der Waals surface area contributed by atoms with E-state index in [1.54, 1.807) is 0 Å². The van der Waals surface area contributed by atoms with E-state index < -0.39 is 6.10 Å². The first-order valence-corrected chi connectivity index (χ1v) is 8.12. The van der Waals surface area contributed by atoms with E-state index in [4.69, 9.17) is 4.74 Å². The number of ether oxygens (including phenoxy) is 1. The van der Waals surface area contributed by atoms with Crippen molar-refractivity contribution in [2.75, 3.05) is 0 Å². The van der Waals surface area contributed by atoms with Crippen LogP contribution < -0.4 is 0 Å². The van der Waals surface area contributed by atoms with Gasteiger partial charge in [0.05, 0.1) is 6.10 Å². The molecule has 124 valence electrons. The lowest BCUT2D eigenvalue weighted by Gasteiger charge is -2.19. The first-order chi connectivity index (χ1) is 10.5. The van der Waals surface area contributed by atoms with Crippen molar-refractivity contribution in [2.45, 2.75) is 77.9 Å². The van der Waals surface area contributed by atoms with E-state index in [0.717, 1.165) is 49.7 Å². The molecule has 3 heteroatoms. The Balaban J connectivity index is 4.64. The van der Waals surface area contributed by atoms with Crippen LogP contribution in [0.4, 0.5) is 0 Å². The van der Waals surface area contributed by atoms with Crippen LogP contribution in [0, 0.1) is 0 Å². The molecule has 0 saturated heterocycles. The number of rotatable bonds is 11. The number of esters is 1. The summed E-state index contributed by atoms with van der Waals surface area (Å²) in [5, 5.41) is 9.84. The number of hydrogen-bond donors (Lipinski definition) is 1. The maximum absolute atomic E-state index is 11.3. The third-order valence-corrected chi connectivity index (χ3v) is 3.65. The summed E-state index contributed by atoms with van der Waals surface area (Å²) in [4.78, 5) is 11.3. The second-order valence-electron chi connectivity index (χ2n) is 5.42. The van der Waals surface area contributed by atoms with Gasteiger partial charge in [0.1, 0.15) is 6.10 Å². The molecular formula is C19H30O3. The SMILES string of the molecule is C=C=C(CCCC(=C=C)C(CCCC)OC(C)=O)C(O)CC. The molecule has 0 heterocycles. The minimum atomic E-state index is -0.474. The summed E-state index contributed by atoms with van der Waals surface area (Å²) in [6, 6.07) is 0. The van der Waals surface area contributed by atoms with Crippen LogP contribution in [0.25, 0.3) is 0 Å². The summed E-state index contributed by atoms with van der Waals surface area (Å²) in [7, 11) is 0. The van der Waals surface area contributed by atoms with Crippen LogP contribution in [0.5, 0.6) is 0 Å². The zero-order valence-electron chi connectivity index (χ0n) is 14.3. The molecule has 0 aromatic heterocycles. The average molecular weight is 306 g/mol.